The number of carbonyl (C=O) groups excluding carboxylic acids is 3. The topological polar surface area (TPSA) is 125 Å². The molecule has 5 spiro atoms. The average molecular weight is 565 g/mol. The van der Waals surface area contributed by atoms with Crippen LogP contribution in [0.5, 0.6) is 0 Å². The zero-order valence-electron chi connectivity index (χ0n) is 23.6. The van der Waals surface area contributed by atoms with Crippen molar-refractivity contribution in [3.05, 3.63) is 36.3 Å². The average Bonchev–Trinajstić information content (AvgIpc) is 3.22. The lowest BCUT2D eigenvalue weighted by atomic mass is 9.32. The van der Waals surface area contributed by atoms with Gasteiger partial charge in [-0.2, -0.15) is 0 Å². The number of allylic oxidation sites excluding steroid dienone is 1. The number of Topliss-reactive ketones (excluding diaryl/α,β-unsaturated/α-hetero) is 1. The quantitative estimate of drug-likeness (QED) is 0.310. The molecule has 9 nitrogen and oxygen atoms in total. The Labute approximate surface area is 237 Å². The molecular weight excluding hydrogens is 528 g/mol. The lowest BCUT2D eigenvalue weighted by Crippen LogP contribution is -2.80. The Kier molecular flexibility index (Phi) is 4.28. The first-order valence-electron chi connectivity index (χ1n) is 15.2. The highest BCUT2D eigenvalue weighted by Crippen LogP contribution is 2.85. The molecule has 7 fully saturated rings. The minimum Gasteiger partial charge on any atom is -0.472 e. The van der Waals surface area contributed by atoms with Crippen LogP contribution in [-0.4, -0.2) is 58.9 Å². The molecule has 10 rings (SSSR count). The lowest BCUT2D eigenvalue weighted by molar-refractivity contribution is -0.273. The Hall–Kier alpha value is -2.49. The van der Waals surface area contributed by atoms with E-state index in [-0.39, 0.29) is 24.3 Å². The smallest absolute Gasteiger partial charge is 0.339 e. The van der Waals surface area contributed by atoms with Crippen LogP contribution < -0.4 is 0 Å². The van der Waals surface area contributed by atoms with Crippen molar-refractivity contribution in [1.29, 1.82) is 0 Å². The fraction of sp³-hybridized carbons (Fsp3) is 0.719. The van der Waals surface area contributed by atoms with Crippen LogP contribution in [0.1, 0.15) is 77.4 Å². The molecule has 0 aromatic carbocycles. The zero-order chi connectivity index (χ0) is 28.4. The van der Waals surface area contributed by atoms with E-state index < -0.39 is 68.7 Å². The normalized spacial score (nSPS) is 53.0. The van der Waals surface area contributed by atoms with Gasteiger partial charge in [-0.3, -0.25) is 9.59 Å². The lowest BCUT2D eigenvalue weighted by Gasteiger charge is -2.69. The van der Waals surface area contributed by atoms with Crippen LogP contribution >= 0.6 is 0 Å². The minimum absolute atomic E-state index is 0.0456. The zero-order valence-corrected chi connectivity index (χ0v) is 23.6. The highest BCUT2D eigenvalue weighted by molar-refractivity contribution is 5.98. The van der Waals surface area contributed by atoms with Crippen molar-refractivity contribution in [2.45, 2.75) is 101 Å². The second kappa shape index (κ2) is 7.00. The van der Waals surface area contributed by atoms with Gasteiger partial charge in [0.2, 0.25) is 0 Å². The SMILES string of the molecule is CC1(C)O[C@H]2C3(CCCC3)C(=O)OC[C@@]23[C@@H]2CC[C@@]4(C)[C@H](c5ccoc5)OC(=O)[C@H]5O[C@@]54[C@@]24CC=C[C@]13C(=O)[C@H]4O. The third kappa shape index (κ3) is 2.17. The van der Waals surface area contributed by atoms with E-state index in [2.05, 4.69) is 6.92 Å². The molecular formula is C32H36O9. The van der Waals surface area contributed by atoms with Gasteiger partial charge in [-0.15, -0.1) is 0 Å². The number of fused-ring (bicyclic) bond motifs is 3. The summed E-state index contributed by atoms with van der Waals surface area (Å²) in [5, 5.41) is 12.4. The molecule has 218 valence electrons. The van der Waals surface area contributed by atoms with Gasteiger partial charge in [-0.1, -0.05) is 31.9 Å². The van der Waals surface area contributed by atoms with E-state index in [1.54, 1.807) is 18.6 Å². The number of aliphatic hydroxyl groups is 1. The third-order valence-electron chi connectivity index (χ3n) is 13.6. The number of ketones is 1. The maximum absolute atomic E-state index is 15.0. The van der Waals surface area contributed by atoms with Gasteiger partial charge in [-0.05, 0) is 57.9 Å². The fourth-order valence-electron chi connectivity index (χ4n) is 12.2. The van der Waals surface area contributed by atoms with Crippen molar-refractivity contribution in [2.24, 2.45) is 33.0 Å². The van der Waals surface area contributed by atoms with E-state index in [0.29, 0.717) is 32.1 Å². The summed E-state index contributed by atoms with van der Waals surface area (Å²) in [6.45, 7) is 5.98. The monoisotopic (exact) mass is 564 g/mol. The van der Waals surface area contributed by atoms with Gasteiger partial charge in [0.1, 0.15) is 24.4 Å². The number of ether oxygens (including phenoxy) is 4. The van der Waals surface area contributed by atoms with Gasteiger partial charge in [0.15, 0.2) is 11.9 Å². The predicted octanol–water partition coefficient (Wildman–Crippen LogP) is 3.59. The molecule has 0 unspecified atom stereocenters. The molecule has 4 aliphatic heterocycles. The number of esters is 2. The molecule has 10 atom stereocenters. The second-order valence-corrected chi connectivity index (χ2v) is 14.8. The van der Waals surface area contributed by atoms with E-state index >= 15 is 4.79 Å². The van der Waals surface area contributed by atoms with Gasteiger partial charge >= 0.3 is 11.9 Å². The highest BCUT2D eigenvalue weighted by atomic mass is 16.7. The Morgan fingerprint density at radius 2 is 1.76 bits per heavy atom. The summed E-state index contributed by atoms with van der Waals surface area (Å²) in [6.07, 6.45) is 8.40. The summed E-state index contributed by atoms with van der Waals surface area (Å²) in [6, 6.07) is 1.80. The molecule has 9 heteroatoms. The Bertz CT molecular complexity index is 1440. The Balaban J connectivity index is 1.32. The maximum atomic E-state index is 15.0. The van der Waals surface area contributed by atoms with Gasteiger partial charge in [-0.25, -0.2) is 4.79 Å². The van der Waals surface area contributed by atoms with E-state index in [4.69, 9.17) is 23.4 Å². The van der Waals surface area contributed by atoms with Crippen molar-refractivity contribution in [3.8, 4) is 0 Å². The van der Waals surface area contributed by atoms with Gasteiger partial charge in [0, 0.05) is 16.4 Å². The Morgan fingerprint density at radius 3 is 2.49 bits per heavy atom. The summed E-state index contributed by atoms with van der Waals surface area (Å²) in [7, 11) is 0. The number of furan rings is 1. The molecule has 1 aromatic heterocycles. The Morgan fingerprint density at radius 1 is 0.976 bits per heavy atom. The standard InChI is InChI=1S/C32H36O9/c1-26(2)31-12-6-11-29(19(33)20(31)34)18(30(31)16-38-25(36)28(24(30)41-26)9-4-5-10-28)7-13-27(3)21(17-8-14-37-15-17)39-23(35)22-32(27,29)40-22/h6,8,12,14-15,18-19,21-22,24,33H,4-5,7,9-11,13,16H2,1-3H3/t18-,19-,21+,22-,24+,27+,29+,30-,31+,32+/m1/s1. The number of rotatable bonds is 1. The molecule has 9 aliphatic rings. The first-order chi connectivity index (χ1) is 19.5. The fourth-order valence-corrected chi connectivity index (χ4v) is 12.2. The maximum Gasteiger partial charge on any atom is 0.339 e. The number of aliphatic hydroxyl groups excluding tert-OH is 1. The third-order valence-corrected chi connectivity index (χ3v) is 13.6. The molecule has 2 bridgehead atoms. The summed E-state index contributed by atoms with van der Waals surface area (Å²) in [5.74, 6) is -1.32. The molecule has 4 saturated heterocycles. The molecule has 1 N–H and O–H groups in total. The molecule has 5 heterocycles. The number of hydrogen-bond acceptors (Lipinski definition) is 9. The molecule has 3 saturated carbocycles. The summed E-state index contributed by atoms with van der Waals surface area (Å²) in [5.41, 5.74) is -6.20. The van der Waals surface area contributed by atoms with Crippen LogP contribution in [0.2, 0.25) is 0 Å². The van der Waals surface area contributed by atoms with Crippen LogP contribution in [-0.2, 0) is 33.3 Å². The van der Waals surface area contributed by atoms with Crippen molar-refractivity contribution in [2.75, 3.05) is 6.61 Å². The van der Waals surface area contributed by atoms with Crippen LogP contribution in [0.3, 0.4) is 0 Å². The summed E-state index contributed by atoms with van der Waals surface area (Å²) >= 11 is 0. The van der Waals surface area contributed by atoms with E-state index in [1.807, 2.05) is 26.0 Å². The van der Waals surface area contributed by atoms with Crippen LogP contribution in [0, 0.1) is 33.0 Å². The molecule has 0 amide bonds. The molecule has 41 heavy (non-hydrogen) atoms. The van der Waals surface area contributed by atoms with E-state index in [1.165, 1.54) is 0 Å². The van der Waals surface area contributed by atoms with Crippen molar-refractivity contribution in [1.82, 2.24) is 0 Å². The number of epoxide rings is 1. The van der Waals surface area contributed by atoms with Crippen LogP contribution in [0.4, 0.5) is 0 Å². The van der Waals surface area contributed by atoms with Crippen LogP contribution in [0.15, 0.2) is 35.2 Å². The molecule has 1 aromatic rings. The summed E-state index contributed by atoms with van der Waals surface area (Å²) in [4.78, 5) is 42.2. The van der Waals surface area contributed by atoms with Gasteiger partial charge in [0.25, 0.3) is 0 Å². The largest absolute Gasteiger partial charge is 0.472 e. The number of hydrogen-bond donors (Lipinski definition) is 1. The first-order valence-corrected chi connectivity index (χ1v) is 15.2. The number of cyclic esters (lactones) is 2. The minimum atomic E-state index is -1.40. The van der Waals surface area contributed by atoms with E-state index in [0.717, 1.165) is 18.4 Å². The van der Waals surface area contributed by atoms with Crippen LogP contribution in [0.25, 0.3) is 0 Å². The highest BCUT2D eigenvalue weighted by Gasteiger charge is 2.95. The van der Waals surface area contributed by atoms with Gasteiger partial charge < -0.3 is 28.5 Å². The number of carbonyl (C=O) groups is 3. The van der Waals surface area contributed by atoms with Crippen molar-refractivity contribution < 1.29 is 42.9 Å². The van der Waals surface area contributed by atoms with E-state index in [9.17, 15) is 14.7 Å². The van der Waals surface area contributed by atoms with Crippen molar-refractivity contribution in [3.63, 3.8) is 0 Å². The first kappa shape index (κ1) is 25.0. The summed E-state index contributed by atoms with van der Waals surface area (Å²) < 4.78 is 31.2. The van der Waals surface area contributed by atoms with Gasteiger partial charge in [0.05, 0.1) is 40.5 Å². The molecule has 5 aliphatic carbocycles. The van der Waals surface area contributed by atoms with Crippen molar-refractivity contribution >= 4 is 17.7 Å². The second-order valence-electron chi connectivity index (χ2n) is 14.8. The predicted molar refractivity (Wildman–Crippen MR) is 139 cm³/mol. The molecule has 0 radical (unpaired) electrons.